The summed E-state index contributed by atoms with van der Waals surface area (Å²) in [5, 5.41) is 10.6. The summed E-state index contributed by atoms with van der Waals surface area (Å²) in [6.07, 6.45) is 57.2. The maximum absolute atomic E-state index is 13.1. The van der Waals surface area contributed by atoms with Crippen LogP contribution in [-0.4, -0.2) is 96.7 Å². The first kappa shape index (κ1) is 92.1. The van der Waals surface area contributed by atoms with Crippen LogP contribution in [0.15, 0.2) is 0 Å². The van der Waals surface area contributed by atoms with Gasteiger partial charge in [0.25, 0.3) is 0 Å². The fourth-order valence-electron chi connectivity index (χ4n) is 11.5. The summed E-state index contributed by atoms with van der Waals surface area (Å²) in [7, 11) is -9.90. The Labute approximate surface area is 575 Å². The molecule has 0 amide bonds. The van der Waals surface area contributed by atoms with Crippen LogP contribution in [0.1, 0.15) is 394 Å². The second-order valence-corrected chi connectivity index (χ2v) is 30.4. The Morgan fingerprint density at radius 1 is 0.287 bits per heavy atom. The molecule has 0 bridgehead atoms. The molecular weight excluding hydrogens is 1230 g/mol. The van der Waals surface area contributed by atoms with Gasteiger partial charge < -0.3 is 33.8 Å². The number of carbonyl (C=O) groups is 4. The molecule has 94 heavy (non-hydrogen) atoms. The number of hydrogen-bond donors (Lipinski definition) is 3. The Morgan fingerprint density at radius 2 is 0.489 bits per heavy atom. The number of aliphatic hydroxyl groups excluding tert-OH is 1. The molecule has 0 radical (unpaired) electrons. The van der Waals surface area contributed by atoms with E-state index in [0.29, 0.717) is 31.6 Å². The fraction of sp³-hybridized carbons (Fsp3) is 0.947. The van der Waals surface area contributed by atoms with E-state index in [4.69, 9.17) is 37.0 Å². The van der Waals surface area contributed by atoms with Gasteiger partial charge in [-0.05, 0) is 31.6 Å². The lowest BCUT2D eigenvalue weighted by Gasteiger charge is -2.21. The molecule has 0 saturated carbocycles. The highest BCUT2D eigenvalue weighted by Gasteiger charge is 2.30. The van der Waals surface area contributed by atoms with Gasteiger partial charge in [-0.25, -0.2) is 9.13 Å². The normalized spacial score (nSPS) is 14.0. The molecule has 0 aliphatic heterocycles. The van der Waals surface area contributed by atoms with Crippen molar-refractivity contribution in [2.45, 2.75) is 412 Å². The lowest BCUT2D eigenvalue weighted by molar-refractivity contribution is -0.161. The summed E-state index contributed by atoms with van der Waals surface area (Å²) < 4.78 is 68.4. The molecule has 0 saturated heterocycles. The smallest absolute Gasteiger partial charge is 0.462 e. The second kappa shape index (κ2) is 68.2. The van der Waals surface area contributed by atoms with Gasteiger partial charge in [-0.3, -0.25) is 37.3 Å². The van der Waals surface area contributed by atoms with Crippen LogP contribution in [0.5, 0.6) is 0 Å². The van der Waals surface area contributed by atoms with Crippen molar-refractivity contribution in [1.82, 2.24) is 0 Å². The first-order chi connectivity index (χ1) is 45.5. The van der Waals surface area contributed by atoms with Crippen molar-refractivity contribution in [2.24, 2.45) is 5.92 Å². The Kier molecular flexibility index (Phi) is 66.8. The maximum Gasteiger partial charge on any atom is 0.472 e. The van der Waals surface area contributed by atoms with Gasteiger partial charge >= 0.3 is 39.5 Å². The lowest BCUT2D eigenvalue weighted by atomic mass is 10.0. The Balaban J connectivity index is 5.15. The minimum atomic E-state index is -4.95. The third-order valence-corrected chi connectivity index (χ3v) is 19.4. The molecule has 0 aromatic heterocycles. The van der Waals surface area contributed by atoms with Crippen LogP contribution < -0.4 is 0 Å². The molecule has 0 aromatic carbocycles. The summed E-state index contributed by atoms with van der Waals surface area (Å²) in [6.45, 7) is 7.20. The van der Waals surface area contributed by atoms with Crippen LogP contribution in [0.2, 0.25) is 0 Å². The number of hydrogen-bond acceptors (Lipinski definition) is 15. The molecule has 19 heteroatoms. The van der Waals surface area contributed by atoms with Crippen molar-refractivity contribution in [3.05, 3.63) is 0 Å². The number of esters is 4. The van der Waals surface area contributed by atoms with E-state index in [9.17, 15) is 43.2 Å². The molecule has 0 spiro atoms. The molecule has 0 aliphatic carbocycles. The van der Waals surface area contributed by atoms with Crippen LogP contribution in [0.3, 0.4) is 0 Å². The van der Waals surface area contributed by atoms with Crippen molar-refractivity contribution in [3.8, 4) is 0 Å². The second-order valence-electron chi connectivity index (χ2n) is 27.5. The average Bonchev–Trinajstić information content (AvgIpc) is 1.59. The Hall–Kier alpha value is -1.94. The van der Waals surface area contributed by atoms with Crippen LogP contribution in [0, 0.1) is 5.92 Å². The van der Waals surface area contributed by atoms with Gasteiger partial charge in [0.05, 0.1) is 26.4 Å². The third kappa shape index (κ3) is 68.6. The first-order valence-corrected chi connectivity index (χ1v) is 42.1. The molecule has 0 aliphatic rings. The highest BCUT2D eigenvalue weighted by atomic mass is 31.2. The van der Waals surface area contributed by atoms with E-state index in [1.54, 1.807) is 0 Å². The van der Waals surface area contributed by atoms with Crippen molar-refractivity contribution in [1.29, 1.82) is 0 Å². The standard InChI is InChI=1S/C75H146O17P2/c1-6-9-12-15-18-21-23-25-26-27-28-29-30-31-32-33-35-37-40-45-50-55-60-74(79)91-70(64-86-73(78)59-54-49-44-39-36-34-24-22-19-16-13-10-7-2)66-89-93(81,82)87-62-69(76)63-88-94(83,84)90-67-71(65-85-72(77)58-53-48-43-38-20-17-14-11-8-3)92-75(80)61-56-51-46-41-42-47-52-57-68(4)5/h68-71,76H,6-67H2,1-5H3,(H,81,82)(H,83,84)/t69-,70-,71-/m1/s1. The fourth-order valence-corrected chi connectivity index (χ4v) is 13.1. The topological polar surface area (TPSA) is 237 Å². The summed E-state index contributed by atoms with van der Waals surface area (Å²) in [5.74, 6) is -1.42. The first-order valence-electron chi connectivity index (χ1n) is 39.1. The van der Waals surface area contributed by atoms with Crippen molar-refractivity contribution < 1.29 is 80.2 Å². The van der Waals surface area contributed by atoms with Gasteiger partial charge in [0.15, 0.2) is 12.2 Å². The van der Waals surface area contributed by atoms with Crippen LogP contribution in [0.25, 0.3) is 0 Å². The molecule has 3 N–H and O–H groups in total. The minimum Gasteiger partial charge on any atom is -0.462 e. The van der Waals surface area contributed by atoms with Crippen molar-refractivity contribution >= 4 is 39.5 Å². The molecule has 0 rings (SSSR count). The molecule has 17 nitrogen and oxygen atoms in total. The minimum absolute atomic E-state index is 0.104. The van der Waals surface area contributed by atoms with Crippen molar-refractivity contribution in [3.63, 3.8) is 0 Å². The Bertz CT molecular complexity index is 1810. The number of rotatable bonds is 75. The van der Waals surface area contributed by atoms with Gasteiger partial charge in [0.1, 0.15) is 19.3 Å². The van der Waals surface area contributed by atoms with Gasteiger partial charge in [-0.1, -0.05) is 343 Å². The summed E-state index contributed by atoms with van der Waals surface area (Å²) in [4.78, 5) is 72.6. The van der Waals surface area contributed by atoms with Crippen LogP contribution in [-0.2, 0) is 65.4 Å². The zero-order valence-electron chi connectivity index (χ0n) is 61.1. The van der Waals surface area contributed by atoms with Gasteiger partial charge in [0, 0.05) is 25.7 Å². The summed E-state index contributed by atoms with van der Waals surface area (Å²) in [6, 6.07) is 0. The largest absolute Gasteiger partial charge is 0.472 e. The molecule has 0 heterocycles. The zero-order valence-corrected chi connectivity index (χ0v) is 62.9. The highest BCUT2D eigenvalue weighted by Crippen LogP contribution is 2.45. The average molecular weight is 1380 g/mol. The number of phosphoric ester groups is 2. The number of aliphatic hydroxyl groups is 1. The van der Waals surface area contributed by atoms with Crippen LogP contribution in [0.4, 0.5) is 0 Å². The molecule has 0 fully saturated rings. The zero-order chi connectivity index (χ0) is 69.1. The number of ether oxygens (including phenoxy) is 4. The van der Waals surface area contributed by atoms with E-state index in [2.05, 4.69) is 34.6 Å². The van der Waals surface area contributed by atoms with Gasteiger partial charge in [-0.2, -0.15) is 0 Å². The van der Waals surface area contributed by atoms with Crippen LogP contribution >= 0.6 is 15.6 Å². The predicted octanol–water partition coefficient (Wildman–Crippen LogP) is 22.1. The predicted molar refractivity (Wildman–Crippen MR) is 382 cm³/mol. The van der Waals surface area contributed by atoms with E-state index in [1.807, 2.05) is 0 Å². The summed E-state index contributed by atoms with van der Waals surface area (Å²) >= 11 is 0. The highest BCUT2D eigenvalue weighted by molar-refractivity contribution is 7.47. The SMILES string of the molecule is CCCCCCCCCCCCCCCCCCCCCCCCC(=O)O[C@H](COC(=O)CCCCCCCCCCCCCCC)COP(=O)(O)OC[C@@H](O)COP(=O)(O)OC[C@@H](COC(=O)CCCCCCCCCCC)OC(=O)CCCCCCCCCC(C)C. The quantitative estimate of drug-likeness (QED) is 0.0222. The van der Waals surface area contributed by atoms with E-state index < -0.39 is 97.5 Å². The van der Waals surface area contributed by atoms with Crippen molar-refractivity contribution in [2.75, 3.05) is 39.6 Å². The molecule has 5 atom stereocenters. The number of phosphoric acid groups is 2. The number of carbonyl (C=O) groups excluding carboxylic acids is 4. The van der Waals surface area contributed by atoms with E-state index >= 15 is 0 Å². The van der Waals surface area contributed by atoms with E-state index in [0.717, 1.165) is 89.9 Å². The Morgan fingerprint density at radius 3 is 0.723 bits per heavy atom. The molecule has 2 unspecified atom stereocenters. The summed E-state index contributed by atoms with van der Waals surface area (Å²) in [5.41, 5.74) is 0. The lowest BCUT2D eigenvalue weighted by Crippen LogP contribution is -2.30. The van der Waals surface area contributed by atoms with Gasteiger partial charge in [0.2, 0.25) is 0 Å². The molecule has 558 valence electrons. The molecular formula is C75H146O17P2. The maximum atomic E-state index is 13.1. The monoisotopic (exact) mass is 1380 g/mol. The molecule has 0 aromatic rings. The number of unbranched alkanes of at least 4 members (excludes halogenated alkanes) is 47. The van der Waals surface area contributed by atoms with Gasteiger partial charge in [-0.15, -0.1) is 0 Å². The van der Waals surface area contributed by atoms with E-state index in [1.165, 1.54) is 218 Å². The van der Waals surface area contributed by atoms with E-state index in [-0.39, 0.29) is 25.7 Å². The third-order valence-electron chi connectivity index (χ3n) is 17.5.